The Hall–Kier alpha value is -3.93. The molecule has 4 aromatic rings. The van der Waals surface area contributed by atoms with E-state index in [4.69, 9.17) is 0 Å². The minimum Gasteiger partial charge on any atom is -0.268 e. The molecular weight excluding hydrogens is 403 g/mol. The topological polar surface area (TPSA) is 37.4 Å². The third-order valence-corrected chi connectivity index (χ3v) is 5.42. The third-order valence-electron chi connectivity index (χ3n) is 5.42. The Kier molecular flexibility index (Phi) is 4.18. The van der Waals surface area contributed by atoms with Gasteiger partial charge in [-0.1, -0.05) is 42.5 Å². The van der Waals surface area contributed by atoms with Gasteiger partial charge in [-0.2, -0.15) is 13.2 Å². The van der Waals surface area contributed by atoms with Crippen LogP contribution in [-0.4, -0.2) is 11.8 Å². The van der Waals surface area contributed by atoms with Crippen LogP contribution in [0.1, 0.15) is 26.3 Å². The van der Waals surface area contributed by atoms with Crippen molar-refractivity contribution < 1.29 is 22.8 Å². The molecule has 3 nitrogen and oxygen atoms in total. The molecule has 31 heavy (non-hydrogen) atoms. The van der Waals surface area contributed by atoms with E-state index in [9.17, 15) is 22.8 Å². The number of benzene rings is 4. The van der Waals surface area contributed by atoms with Gasteiger partial charge in [-0.15, -0.1) is 0 Å². The molecule has 0 fully saturated rings. The van der Waals surface area contributed by atoms with Crippen molar-refractivity contribution in [3.05, 3.63) is 102 Å². The molecule has 0 saturated carbocycles. The zero-order chi connectivity index (χ0) is 21.8. The number of rotatable bonds is 2. The number of fused-ring (bicyclic) bond motifs is 2. The second-order valence-electron chi connectivity index (χ2n) is 7.31. The van der Waals surface area contributed by atoms with E-state index < -0.39 is 23.6 Å². The second kappa shape index (κ2) is 6.80. The molecule has 152 valence electrons. The maximum Gasteiger partial charge on any atom is 0.416 e. The molecule has 6 heteroatoms. The number of carbonyl (C=O) groups excluding carboxylic acids is 2. The zero-order valence-corrected chi connectivity index (χ0v) is 16.0. The highest BCUT2D eigenvalue weighted by Gasteiger charge is 2.37. The molecule has 1 aliphatic heterocycles. The predicted octanol–water partition coefficient (Wildman–Crippen LogP) is 6.33. The lowest BCUT2D eigenvalue weighted by Gasteiger charge is -2.15. The van der Waals surface area contributed by atoms with Crippen LogP contribution in [0, 0.1) is 0 Å². The first-order valence-electron chi connectivity index (χ1n) is 9.52. The lowest BCUT2D eigenvalue weighted by atomic mass is 9.98. The van der Waals surface area contributed by atoms with E-state index in [0.29, 0.717) is 0 Å². The van der Waals surface area contributed by atoms with Gasteiger partial charge in [0, 0.05) is 0 Å². The Balaban J connectivity index is 1.52. The quantitative estimate of drug-likeness (QED) is 0.358. The molecule has 0 unspecified atom stereocenters. The van der Waals surface area contributed by atoms with Gasteiger partial charge in [-0.25, -0.2) is 4.90 Å². The van der Waals surface area contributed by atoms with Crippen molar-refractivity contribution in [2.75, 3.05) is 4.90 Å². The van der Waals surface area contributed by atoms with Gasteiger partial charge < -0.3 is 0 Å². The van der Waals surface area contributed by atoms with Crippen molar-refractivity contribution in [1.82, 2.24) is 0 Å². The van der Waals surface area contributed by atoms with E-state index in [2.05, 4.69) is 0 Å². The third kappa shape index (κ3) is 3.17. The molecule has 0 saturated heterocycles. The first-order chi connectivity index (χ1) is 14.8. The molecule has 0 aliphatic carbocycles. The predicted molar refractivity (Wildman–Crippen MR) is 112 cm³/mol. The fourth-order valence-corrected chi connectivity index (χ4v) is 3.82. The largest absolute Gasteiger partial charge is 0.416 e. The SMILES string of the molecule is O=C1c2ccc(-c3ccc4ccccc4c3)cc2C(=O)N1c1ccc(C(F)(F)F)cc1. The molecule has 0 atom stereocenters. The summed E-state index contributed by atoms with van der Waals surface area (Å²) in [6, 6.07) is 22.8. The van der Waals surface area contributed by atoms with E-state index in [-0.39, 0.29) is 16.8 Å². The Labute approximate surface area is 175 Å². The minimum atomic E-state index is -4.49. The normalized spacial score (nSPS) is 13.7. The van der Waals surface area contributed by atoms with Gasteiger partial charge in [0.05, 0.1) is 22.4 Å². The number of hydrogen-bond acceptors (Lipinski definition) is 2. The molecule has 0 N–H and O–H groups in total. The summed E-state index contributed by atoms with van der Waals surface area (Å²) in [6.45, 7) is 0. The fraction of sp³-hybridized carbons (Fsp3) is 0.0400. The van der Waals surface area contributed by atoms with Gasteiger partial charge >= 0.3 is 6.18 Å². The smallest absolute Gasteiger partial charge is 0.268 e. The molecule has 5 rings (SSSR count). The van der Waals surface area contributed by atoms with E-state index in [1.807, 2.05) is 42.5 Å². The van der Waals surface area contributed by atoms with Crippen LogP contribution in [-0.2, 0) is 6.18 Å². The van der Waals surface area contributed by atoms with Crippen LogP contribution in [0.25, 0.3) is 21.9 Å². The highest BCUT2D eigenvalue weighted by atomic mass is 19.4. The summed E-state index contributed by atoms with van der Waals surface area (Å²) in [5.74, 6) is -1.10. The standard InChI is InChI=1S/C25H14F3NO2/c26-25(27,28)19-8-10-20(11-9-19)29-23(30)21-12-7-18(14-22(21)24(29)31)17-6-5-15-3-1-2-4-16(15)13-17/h1-14H. The van der Waals surface area contributed by atoms with E-state index >= 15 is 0 Å². The lowest BCUT2D eigenvalue weighted by molar-refractivity contribution is -0.137. The molecule has 0 radical (unpaired) electrons. The average molecular weight is 417 g/mol. The monoisotopic (exact) mass is 417 g/mol. The molecule has 2 amide bonds. The fourth-order valence-electron chi connectivity index (χ4n) is 3.82. The number of nitrogens with zero attached hydrogens (tertiary/aromatic N) is 1. The number of imide groups is 1. The summed E-state index contributed by atoms with van der Waals surface area (Å²) in [5, 5.41) is 2.14. The van der Waals surface area contributed by atoms with Crippen LogP contribution < -0.4 is 4.90 Å². The summed E-state index contributed by atoms with van der Waals surface area (Å²) in [4.78, 5) is 26.7. The van der Waals surface area contributed by atoms with Gasteiger partial charge in [0.25, 0.3) is 11.8 Å². The van der Waals surface area contributed by atoms with Crippen LogP contribution in [0.5, 0.6) is 0 Å². The van der Waals surface area contributed by atoms with Crippen LogP contribution in [0.4, 0.5) is 18.9 Å². The van der Waals surface area contributed by atoms with Gasteiger partial charge in [-0.3, -0.25) is 9.59 Å². The number of hydrogen-bond donors (Lipinski definition) is 0. The van der Waals surface area contributed by atoms with Crippen LogP contribution in [0.15, 0.2) is 84.9 Å². The highest BCUT2D eigenvalue weighted by molar-refractivity contribution is 6.34. The Morgan fingerprint density at radius 1 is 0.613 bits per heavy atom. The van der Waals surface area contributed by atoms with Crippen LogP contribution in [0.3, 0.4) is 0 Å². The van der Waals surface area contributed by atoms with Crippen molar-refractivity contribution in [2.24, 2.45) is 0 Å². The molecule has 0 bridgehead atoms. The number of amides is 2. The van der Waals surface area contributed by atoms with E-state index in [0.717, 1.165) is 51.1 Å². The van der Waals surface area contributed by atoms with Gasteiger partial charge in [0.2, 0.25) is 0 Å². The number of anilines is 1. The van der Waals surface area contributed by atoms with Gasteiger partial charge in [0.15, 0.2) is 0 Å². The Morgan fingerprint density at radius 3 is 1.94 bits per heavy atom. The second-order valence-corrected chi connectivity index (χ2v) is 7.31. The number of halogens is 3. The molecule has 1 heterocycles. The first-order valence-corrected chi connectivity index (χ1v) is 9.52. The van der Waals surface area contributed by atoms with Crippen molar-refractivity contribution in [1.29, 1.82) is 0 Å². The van der Waals surface area contributed by atoms with Crippen molar-refractivity contribution >= 4 is 28.3 Å². The summed E-state index contributed by atoms with van der Waals surface area (Å²) in [5.41, 5.74) is 1.40. The molecular formula is C25H14F3NO2. The summed E-state index contributed by atoms with van der Waals surface area (Å²) < 4.78 is 38.5. The molecule has 1 aliphatic rings. The van der Waals surface area contributed by atoms with E-state index in [1.54, 1.807) is 18.2 Å². The maximum atomic E-state index is 13.0. The number of alkyl halides is 3. The van der Waals surface area contributed by atoms with Gasteiger partial charge in [-0.05, 0) is 64.4 Å². The van der Waals surface area contributed by atoms with Crippen molar-refractivity contribution in [2.45, 2.75) is 6.18 Å². The maximum absolute atomic E-state index is 13.0. The summed E-state index contributed by atoms with van der Waals surface area (Å²) in [6.07, 6.45) is -4.49. The van der Waals surface area contributed by atoms with Gasteiger partial charge in [0.1, 0.15) is 0 Å². The first kappa shape index (κ1) is 19.1. The highest BCUT2D eigenvalue weighted by Crippen LogP contribution is 2.35. The molecule has 0 aromatic heterocycles. The zero-order valence-electron chi connectivity index (χ0n) is 16.0. The minimum absolute atomic E-state index is 0.103. The van der Waals surface area contributed by atoms with Crippen LogP contribution in [0.2, 0.25) is 0 Å². The Bertz CT molecular complexity index is 1360. The van der Waals surface area contributed by atoms with Crippen molar-refractivity contribution in [3.63, 3.8) is 0 Å². The van der Waals surface area contributed by atoms with E-state index in [1.165, 1.54) is 0 Å². The Morgan fingerprint density at radius 2 is 1.23 bits per heavy atom. The van der Waals surface area contributed by atoms with Crippen molar-refractivity contribution in [3.8, 4) is 11.1 Å². The average Bonchev–Trinajstić information content (AvgIpc) is 3.02. The molecule has 0 spiro atoms. The summed E-state index contributed by atoms with van der Waals surface area (Å²) >= 11 is 0. The lowest BCUT2D eigenvalue weighted by Crippen LogP contribution is -2.29. The number of carbonyl (C=O) groups is 2. The summed E-state index contributed by atoms with van der Waals surface area (Å²) in [7, 11) is 0. The molecule has 4 aromatic carbocycles. The van der Waals surface area contributed by atoms with Crippen LogP contribution >= 0.6 is 0 Å².